The molecule has 5 nitrogen and oxygen atoms in total. The molecule has 2 saturated heterocycles. The molecule has 3 aromatic rings. The van der Waals surface area contributed by atoms with E-state index in [2.05, 4.69) is 33.5 Å². The maximum atomic E-state index is 13.0. The van der Waals surface area contributed by atoms with E-state index >= 15 is 0 Å². The van der Waals surface area contributed by atoms with Crippen LogP contribution in [0.5, 0.6) is 0 Å². The van der Waals surface area contributed by atoms with Crippen LogP contribution < -0.4 is 0 Å². The quantitative estimate of drug-likeness (QED) is 0.318. The standard InChI is InChI=1S/C31H41N3O2/c1-32-28-14-12-24(30(35)10-8-20-33-16-4-2-5-17-33)22-26(28)27-23-25(13-15-29(27)32)31(36)11-9-21-34-18-6-3-7-19-34/h12-15,22-23H,2-11,16-21H2,1H3. The van der Waals surface area contributed by atoms with Crippen LogP contribution in [-0.2, 0) is 7.05 Å². The zero-order valence-corrected chi connectivity index (χ0v) is 21.9. The Kier molecular flexibility index (Phi) is 8.18. The lowest BCUT2D eigenvalue weighted by atomic mass is 10.0. The van der Waals surface area contributed by atoms with Crippen molar-refractivity contribution >= 4 is 33.4 Å². The SMILES string of the molecule is Cn1c2ccc(C(=O)CCCN3CCCCC3)cc2c2cc(C(=O)CCCN3CCCCC3)ccc21. The van der Waals surface area contributed by atoms with Crippen molar-refractivity contribution in [1.29, 1.82) is 0 Å². The zero-order chi connectivity index (χ0) is 24.9. The first-order valence-corrected chi connectivity index (χ1v) is 14.1. The molecule has 2 aromatic carbocycles. The lowest BCUT2D eigenvalue weighted by Gasteiger charge is -2.26. The van der Waals surface area contributed by atoms with Crippen molar-refractivity contribution in [2.75, 3.05) is 39.3 Å². The fourth-order valence-corrected chi connectivity index (χ4v) is 6.15. The molecule has 5 heteroatoms. The fourth-order valence-electron chi connectivity index (χ4n) is 6.15. The Labute approximate surface area is 215 Å². The molecule has 0 radical (unpaired) electrons. The number of aromatic nitrogens is 1. The smallest absolute Gasteiger partial charge is 0.162 e. The van der Waals surface area contributed by atoms with Gasteiger partial charge in [0, 0.05) is 52.8 Å². The van der Waals surface area contributed by atoms with Gasteiger partial charge in [0.25, 0.3) is 0 Å². The minimum Gasteiger partial charge on any atom is -0.344 e. The Morgan fingerprint density at radius 1 is 0.639 bits per heavy atom. The van der Waals surface area contributed by atoms with Crippen molar-refractivity contribution in [3.05, 3.63) is 47.5 Å². The van der Waals surface area contributed by atoms with Crippen LogP contribution in [0.2, 0.25) is 0 Å². The van der Waals surface area contributed by atoms with E-state index in [0.717, 1.165) is 58.9 Å². The van der Waals surface area contributed by atoms with Gasteiger partial charge in [-0.15, -0.1) is 0 Å². The number of benzene rings is 2. The van der Waals surface area contributed by atoms with E-state index in [1.54, 1.807) is 0 Å². The van der Waals surface area contributed by atoms with Crippen LogP contribution in [0.25, 0.3) is 21.8 Å². The number of ketones is 2. The molecule has 2 fully saturated rings. The second-order valence-electron chi connectivity index (χ2n) is 10.9. The Balaban J connectivity index is 1.27. The highest BCUT2D eigenvalue weighted by atomic mass is 16.1. The van der Waals surface area contributed by atoms with Crippen molar-refractivity contribution in [3.8, 4) is 0 Å². The molecule has 3 heterocycles. The third kappa shape index (κ3) is 5.73. The van der Waals surface area contributed by atoms with Gasteiger partial charge >= 0.3 is 0 Å². The summed E-state index contributed by atoms with van der Waals surface area (Å²) in [6, 6.07) is 12.2. The third-order valence-electron chi connectivity index (χ3n) is 8.30. The topological polar surface area (TPSA) is 45.6 Å². The minimum atomic E-state index is 0.218. The fraction of sp³-hybridized carbons (Fsp3) is 0.548. The normalized spacial score (nSPS) is 17.7. The summed E-state index contributed by atoms with van der Waals surface area (Å²) in [7, 11) is 2.06. The van der Waals surface area contributed by atoms with E-state index in [0.29, 0.717) is 12.8 Å². The summed E-state index contributed by atoms with van der Waals surface area (Å²) in [4.78, 5) is 31.0. The van der Waals surface area contributed by atoms with Gasteiger partial charge in [0.1, 0.15) is 0 Å². The number of fused-ring (bicyclic) bond motifs is 3. The highest BCUT2D eigenvalue weighted by molar-refractivity contribution is 6.13. The predicted molar refractivity (Wildman–Crippen MR) is 148 cm³/mol. The zero-order valence-electron chi connectivity index (χ0n) is 21.9. The second kappa shape index (κ2) is 11.7. The van der Waals surface area contributed by atoms with Crippen LogP contribution >= 0.6 is 0 Å². The van der Waals surface area contributed by atoms with Gasteiger partial charge in [-0.1, -0.05) is 12.8 Å². The summed E-state index contributed by atoms with van der Waals surface area (Å²) in [5.74, 6) is 0.437. The largest absolute Gasteiger partial charge is 0.344 e. The molecule has 0 spiro atoms. The summed E-state index contributed by atoms with van der Waals surface area (Å²) in [6.45, 7) is 6.74. The average Bonchev–Trinajstić information content (AvgIpc) is 3.20. The van der Waals surface area contributed by atoms with Crippen LogP contribution in [0.1, 0.15) is 84.9 Å². The summed E-state index contributed by atoms with van der Waals surface area (Å²) in [6.07, 6.45) is 10.8. The molecule has 0 atom stereocenters. The Bertz CT molecular complexity index is 1120. The molecule has 5 rings (SSSR count). The molecule has 2 aliphatic heterocycles. The number of piperidine rings is 2. The van der Waals surface area contributed by atoms with Crippen LogP contribution in [0.4, 0.5) is 0 Å². The Morgan fingerprint density at radius 2 is 1.06 bits per heavy atom. The van der Waals surface area contributed by atoms with Gasteiger partial charge in [-0.05, 0) is 114 Å². The Hall–Kier alpha value is -2.50. The molecule has 0 amide bonds. The molecule has 0 unspecified atom stereocenters. The Morgan fingerprint density at radius 3 is 1.47 bits per heavy atom. The van der Waals surface area contributed by atoms with Crippen molar-refractivity contribution in [2.45, 2.75) is 64.2 Å². The number of likely N-dealkylation sites (tertiary alicyclic amines) is 2. The second-order valence-corrected chi connectivity index (χ2v) is 10.9. The van der Waals surface area contributed by atoms with Gasteiger partial charge in [-0.3, -0.25) is 9.59 Å². The van der Waals surface area contributed by atoms with E-state index in [1.165, 1.54) is 64.7 Å². The number of aryl methyl sites for hydroxylation is 1. The molecule has 2 aliphatic rings. The van der Waals surface area contributed by atoms with Crippen molar-refractivity contribution < 1.29 is 9.59 Å². The summed E-state index contributed by atoms with van der Waals surface area (Å²) >= 11 is 0. The van der Waals surface area contributed by atoms with E-state index in [9.17, 15) is 9.59 Å². The molecule has 0 aliphatic carbocycles. The maximum absolute atomic E-state index is 13.0. The first-order valence-electron chi connectivity index (χ1n) is 14.1. The number of carbonyl (C=O) groups is 2. The van der Waals surface area contributed by atoms with Crippen molar-refractivity contribution in [2.24, 2.45) is 7.05 Å². The monoisotopic (exact) mass is 487 g/mol. The molecule has 36 heavy (non-hydrogen) atoms. The molecule has 0 N–H and O–H groups in total. The van der Waals surface area contributed by atoms with Crippen LogP contribution in [0.3, 0.4) is 0 Å². The molecular formula is C31H41N3O2. The van der Waals surface area contributed by atoms with E-state index in [-0.39, 0.29) is 11.6 Å². The number of hydrogen-bond donors (Lipinski definition) is 0. The lowest BCUT2D eigenvalue weighted by molar-refractivity contribution is 0.0965. The highest BCUT2D eigenvalue weighted by Crippen LogP contribution is 2.30. The number of carbonyl (C=O) groups excluding carboxylic acids is 2. The molecule has 1 aromatic heterocycles. The summed E-state index contributed by atoms with van der Waals surface area (Å²) in [5.41, 5.74) is 3.77. The first kappa shape index (κ1) is 25.2. The highest BCUT2D eigenvalue weighted by Gasteiger charge is 2.16. The van der Waals surface area contributed by atoms with Gasteiger partial charge in [-0.25, -0.2) is 0 Å². The molecule has 0 bridgehead atoms. The van der Waals surface area contributed by atoms with Crippen molar-refractivity contribution in [3.63, 3.8) is 0 Å². The van der Waals surface area contributed by atoms with E-state index in [4.69, 9.17) is 0 Å². The van der Waals surface area contributed by atoms with E-state index in [1.807, 2.05) is 24.3 Å². The first-order chi connectivity index (χ1) is 17.6. The number of hydrogen-bond acceptors (Lipinski definition) is 4. The molecule has 192 valence electrons. The predicted octanol–water partition coefficient (Wildman–Crippen LogP) is 6.23. The van der Waals surface area contributed by atoms with Gasteiger partial charge in [0.2, 0.25) is 0 Å². The minimum absolute atomic E-state index is 0.218. The summed E-state index contributed by atoms with van der Waals surface area (Å²) < 4.78 is 2.17. The average molecular weight is 488 g/mol. The number of rotatable bonds is 10. The molecule has 0 saturated carbocycles. The van der Waals surface area contributed by atoms with Gasteiger partial charge < -0.3 is 14.4 Å². The van der Waals surface area contributed by atoms with Crippen LogP contribution in [-0.4, -0.2) is 65.2 Å². The third-order valence-corrected chi connectivity index (χ3v) is 8.30. The van der Waals surface area contributed by atoms with Gasteiger partial charge in [0.15, 0.2) is 11.6 Å². The lowest BCUT2D eigenvalue weighted by Crippen LogP contribution is -2.30. The maximum Gasteiger partial charge on any atom is 0.162 e. The van der Waals surface area contributed by atoms with Crippen LogP contribution in [0, 0.1) is 0 Å². The summed E-state index contributed by atoms with van der Waals surface area (Å²) in [5, 5.41) is 2.13. The van der Waals surface area contributed by atoms with Gasteiger partial charge in [-0.2, -0.15) is 0 Å². The number of Topliss-reactive ketones (excluding diaryl/α,β-unsaturated/α-hetero) is 2. The molecular weight excluding hydrogens is 446 g/mol. The number of nitrogens with zero attached hydrogens (tertiary/aromatic N) is 3. The van der Waals surface area contributed by atoms with Crippen LogP contribution in [0.15, 0.2) is 36.4 Å². The van der Waals surface area contributed by atoms with Crippen molar-refractivity contribution in [1.82, 2.24) is 14.4 Å². The van der Waals surface area contributed by atoms with Gasteiger partial charge in [0.05, 0.1) is 0 Å². The van der Waals surface area contributed by atoms with E-state index < -0.39 is 0 Å².